The lowest BCUT2D eigenvalue weighted by atomic mass is 9.96. The fraction of sp³-hybridized carbons (Fsp3) is 0.562. The molecule has 2 rings (SSSR count). The van der Waals surface area contributed by atoms with Crippen LogP contribution in [0.3, 0.4) is 0 Å². The third-order valence-electron chi connectivity index (χ3n) is 4.08. The van der Waals surface area contributed by atoms with Gasteiger partial charge >= 0.3 is 0 Å². The number of rotatable bonds is 2. The average molecular weight is 261 g/mol. The van der Waals surface area contributed by atoms with E-state index in [1.807, 2.05) is 30.0 Å². The van der Waals surface area contributed by atoms with Gasteiger partial charge in [0.25, 0.3) is 5.91 Å². The average Bonchev–Trinajstić information content (AvgIpc) is 2.39. The zero-order valence-corrected chi connectivity index (χ0v) is 12.3. The van der Waals surface area contributed by atoms with Crippen molar-refractivity contribution in [3.05, 3.63) is 29.3 Å². The number of nitrogens with zero attached hydrogens (tertiary/aromatic N) is 1. The van der Waals surface area contributed by atoms with Crippen molar-refractivity contribution in [2.75, 3.05) is 7.11 Å². The van der Waals surface area contributed by atoms with Crippen LogP contribution in [0.4, 0.5) is 0 Å². The molecule has 1 aliphatic rings. The lowest BCUT2D eigenvalue weighted by Gasteiger charge is -2.39. The van der Waals surface area contributed by atoms with Crippen molar-refractivity contribution in [2.45, 2.75) is 52.1 Å². The Morgan fingerprint density at radius 1 is 1.26 bits per heavy atom. The number of hydrogen-bond donors (Lipinski definition) is 0. The van der Waals surface area contributed by atoms with E-state index in [1.54, 1.807) is 7.11 Å². The second-order valence-corrected chi connectivity index (χ2v) is 5.53. The van der Waals surface area contributed by atoms with Crippen molar-refractivity contribution in [1.29, 1.82) is 0 Å². The van der Waals surface area contributed by atoms with Gasteiger partial charge in [-0.15, -0.1) is 0 Å². The Hall–Kier alpha value is -1.51. The molecule has 104 valence electrons. The third kappa shape index (κ3) is 2.75. The summed E-state index contributed by atoms with van der Waals surface area (Å²) in [5.41, 5.74) is 1.78. The number of likely N-dealkylation sites (tertiary alicyclic amines) is 1. The highest BCUT2D eigenvalue weighted by molar-refractivity contribution is 5.95. The molecule has 3 nitrogen and oxygen atoms in total. The van der Waals surface area contributed by atoms with Gasteiger partial charge in [-0.1, -0.05) is 6.07 Å². The van der Waals surface area contributed by atoms with E-state index in [1.165, 1.54) is 6.42 Å². The van der Waals surface area contributed by atoms with Gasteiger partial charge in [0, 0.05) is 17.6 Å². The first kappa shape index (κ1) is 13.9. The SMILES string of the molecule is COc1cc(C(=O)N2C(C)CCCC2C)ccc1C. The first-order chi connectivity index (χ1) is 9.04. The molecule has 0 spiro atoms. The number of amides is 1. The molecule has 0 N–H and O–H groups in total. The summed E-state index contributed by atoms with van der Waals surface area (Å²) in [7, 11) is 1.64. The summed E-state index contributed by atoms with van der Waals surface area (Å²) in [4.78, 5) is 14.7. The number of methoxy groups -OCH3 is 1. The minimum absolute atomic E-state index is 0.123. The van der Waals surface area contributed by atoms with Crippen molar-refractivity contribution < 1.29 is 9.53 Å². The van der Waals surface area contributed by atoms with Crippen LogP contribution in [-0.2, 0) is 0 Å². The van der Waals surface area contributed by atoms with Gasteiger partial charge < -0.3 is 9.64 Å². The van der Waals surface area contributed by atoms with Crippen LogP contribution in [0.2, 0.25) is 0 Å². The Morgan fingerprint density at radius 2 is 1.89 bits per heavy atom. The highest BCUT2D eigenvalue weighted by atomic mass is 16.5. The van der Waals surface area contributed by atoms with Gasteiger partial charge in [0.15, 0.2) is 0 Å². The van der Waals surface area contributed by atoms with Crippen molar-refractivity contribution >= 4 is 5.91 Å². The van der Waals surface area contributed by atoms with Crippen LogP contribution in [-0.4, -0.2) is 30.0 Å². The monoisotopic (exact) mass is 261 g/mol. The summed E-state index contributed by atoms with van der Waals surface area (Å²) in [5.74, 6) is 0.904. The maximum atomic E-state index is 12.7. The van der Waals surface area contributed by atoms with Crippen molar-refractivity contribution in [3.63, 3.8) is 0 Å². The second-order valence-electron chi connectivity index (χ2n) is 5.53. The van der Waals surface area contributed by atoms with Gasteiger partial charge in [0.2, 0.25) is 0 Å². The smallest absolute Gasteiger partial charge is 0.254 e. The van der Waals surface area contributed by atoms with Gasteiger partial charge in [-0.25, -0.2) is 0 Å². The van der Waals surface area contributed by atoms with Crippen LogP contribution < -0.4 is 4.74 Å². The van der Waals surface area contributed by atoms with Crippen LogP contribution >= 0.6 is 0 Å². The maximum absolute atomic E-state index is 12.7. The fourth-order valence-corrected chi connectivity index (χ4v) is 2.92. The van der Waals surface area contributed by atoms with E-state index in [0.717, 1.165) is 29.7 Å². The molecule has 0 radical (unpaired) electrons. The highest BCUT2D eigenvalue weighted by Crippen LogP contribution is 2.26. The molecule has 0 aromatic heterocycles. The van der Waals surface area contributed by atoms with Crippen LogP contribution in [0.25, 0.3) is 0 Å². The quantitative estimate of drug-likeness (QED) is 0.816. The van der Waals surface area contributed by atoms with E-state index >= 15 is 0 Å². The molecule has 0 bridgehead atoms. The molecule has 1 amide bonds. The number of carbonyl (C=O) groups excluding carboxylic acids is 1. The zero-order valence-electron chi connectivity index (χ0n) is 12.3. The number of ether oxygens (including phenoxy) is 1. The van der Waals surface area contributed by atoms with Crippen molar-refractivity contribution in [3.8, 4) is 5.75 Å². The van der Waals surface area contributed by atoms with Gasteiger partial charge in [0.05, 0.1) is 7.11 Å². The third-order valence-corrected chi connectivity index (χ3v) is 4.08. The zero-order chi connectivity index (χ0) is 14.0. The number of hydrogen-bond acceptors (Lipinski definition) is 2. The van der Waals surface area contributed by atoms with Crippen molar-refractivity contribution in [1.82, 2.24) is 4.90 Å². The molecular formula is C16H23NO2. The predicted octanol–water partition coefficient (Wildman–Crippen LogP) is 3.41. The van der Waals surface area contributed by atoms with E-state index < -0.39 is 0 Å². The summed E-state index contributed by atoms with van der Waals surface area (Å²) in [6.45, 7) is 6.26. The molecule has 2 atom stereocenters. The van der Waals surface area contributed by atoms with E-state index in [4.69, 9.17) is 4.74 Å². The highest BCUT2D eigenvalue weighted by Gasteiger charge is 2.29. The number of carbonyl (C=O) groups is 1. The van der Waals surface area contributed by atoms with Crippen molar-refractivity contribution in [2.24, 2.45) is 0 Å². The summed E-state index contributed by atoms with van der Waals surface area (Å²) in [5, 5.41) is 0. The summed E-state index contributed by atoms with van der Waals surface area (Å²) >= 11 is 0. The number of benzene rings is 1. The maximum Gasteiger partial charge on any atom is 0.254 e. The Labute approximate surface area is 115 Å². The first-order valence-corrected chi connectivity index (χ1v) is 7.02. The Morgan fingerprint density at radius 3 is 2.47 bits per heavy atom. The Balaban J connectivity index is 2.27. The fourth-order valence-electron chi connectivity index (χ4n) is 2.92. The molecule has 1 aromatic carbocycles. The lowest BCUT2D eigenvalue weighted by Crippen LogP contribution is -2.47. The summed E-state index contributed by atoms with van der Waals surface area (Å²) < 4.78 is 5.31. The van der Waals surface area contributed by atoms with E-state index in [2.05, 4.69) is 13.8 Å². The summed E-state index contributed by atoms with van der Waals surface area (Å²) in [6.07, 6.45) is 3.40. The van der Waals surface area contributed by atoms with Crippen LogP contribution in [0.5, 0.6) is 5.75 Å². The largest absolute Gasteiger partial charge is 0.496 e. The molecule has 3 heteroatoms. The first-order valence-electron chi connectivity index (χ1n) is 7.02. The Kier molecular flexibility index (Phi) is 4.13. The molecule has 1 aliphatic heterocycles. The van der Waals surface area contributed by atoms with Gasteiger partial charge in [-0.3, -0.25) is 4.79 Å². The van der Waals surface area contributed by atoms with Gasteiger partial charge in [-0.05, 0) is 57.7 Å². The van der Waals surface area contributed by atoms with Gasteiger partial charge in [-0.2, -0.15) is 0 Å². The molecule has 19 heavy (non-hydrogen) atoms. The minimum atomic E-state index is 0.123. The Bertz CT molecular complexity index is 460. The molecule has 1 saturated heterocycles. The molecule has 0 aliphatic carbocycles. The van der Waals surface area contributed by atoms with E-state index in [9.17, 15) is 4.79 Å². The topological polar surface area (TPSA) is 29.5 Å². The summed E-state index contributed by atoms with van der Waals surface area (Å²) in [6, 6.07) is 6.35. The minimum Gasteiger partial charge on any atom is -0.496 e. The van der Waals surface area contributed by atoms with E-state index in [-0.39, 0.29) is 5.91 Å². The normalized spacial score (nSPS) is 23.3. The van der Waals surface area contributed by atoms with E-state index in [0.29, 0.717) is 12.1 Å². The molecular weight excluding hydrogens is 238 g/mol. The van der Waals surface area contributed by atoms with Crippen LogP contribution in [0.15, 0.2) is 18.2 Å². The molecule has 1 heterocycles. The number of aryl methyl sites for hydroxylation is 1. The molecule has 0 saturated carbocycles. The predicted molar refractivity (Wildman–Crippen MR) is 76.7 cm³/mol. The second kappa shape index (κ2) is 5.64. The van der Waals surface area contributed by atoms with Gasteiger partial charge in [0.1, 0.15) is 5.75 Å². The standard InChI is InChI=1S/C16H23NO2/c1-11-8-9-14(10-15(11)19-4)16(18)17-12(2)6-5-7-13(17)3/h8-10,12-13H,5-7H2,1-4H3. The molecule has 1 aromatic rings. The van der Waals surface area contributed by atoms with Crippen LogP contribution in [0.1, 0.15) is 49.0 Å². The molecule has 1 fully saturated rings. The van der Waals surface area contributed by atoms with Crippen LogP contribution in [0, 0.1) is 6.92 Å². The molecule has 2 unspecified atom stereocenters. The number of piperidine rings is 1. The lowest BCUT2D eigenvalue weighted by molar-refractivity contribution is 0.0510.